The van der Waals surface area contributed by atoms with Crippen LogP contribution < -0.4 is 0 Å². The van der Waals surface area contributed by atoms with E-state index in [1.54, 1.807) is 0 Å². The van der Waals surface area contributed by atoms with Crippen LogP contribution in [0.3, 0.4) is 0 Å². The third kappa shape index (κ3) is 14.7. The number of unbranched alkanes of at least 4 members (excludes halogenated alkanes) is 10. The van der Waals surface area contributed by atoms with Crippen molar-refractivity contribution >= 4 is 27.5 Å². The van der Waals surface area contributed by atoms with Gasteiger partial charge < -0.3 is 4.89 Å². The summed E-state index contributed by atoms with van der Waals surface area (Å²) in [5.41, 5.74) is -3.13. The summed E-state index contributed by atoms with van der Waals surface area (Å²) in [5.74, 6) is -0.321. The molecule has 11 heteroatoms. The lowest BCUT2D eigenvalue weighted by atomic mass is 10.1. The summed E-state index contributed by atoms with van der Waals surface area (Å²) >= 11 is 0. The molecular formula is C20H43O8PS2. The van der Waals surface area contributed by atoms with Crippen molar-refractivity contribution in [3.8, 4) is 0 Å². The molecule has 0 heterocycles. The quantitative estimate of drug-likeness (QED) is 0.173. The molecule has 0 aromatic carbocycles. The first-order valence-corrected chi connectivity index (χ1v) is 16.4. The first-order chi connectivity index (χ1) is 14.4. The molecule has 8 nitrogen and oxygen atoms in total. The Balaban J connectivity index is 4.53. The van der Waals surface area contributed by atoms with Gasteiger partial charge in [0.1, 0.15) is 0 Å². The van der Waals surface area contributed by atoms with Gasteiger partial charge in [-0.2, -0.15) is 0 Å². The van der Waals surface area contributed by atoms with Crippen molar-refractivity contribution in [3.05, 3.63) is 0 Å². The molecule has 0 rings (SSSR count). The lowest BCUT2D eigenvalue weighted by Gasteiger charge is -2.21. The van der Waals surface area contributed by atoms with Crippen molar-refractivity contribution < 1.29 is 35.3 Å². The first kappa shape index (κ1) is 31.0. The number of phosphoric acid groups is 1. The third-order valence-corrected chi connectivity index (χ3v) is 10.5. The van der Waals surface area contributed by atoms with Crippen LogP contribution in [0, 0.1) is 0 Å². The molecular weight excluding hydrogens is 463 g/mol. The van der Waals surface area contributed by atoms with Crippen LogP contribution in [0.5, 0.6) is 0 Å². The second-order valence-corrected chi connectivity index (χ2v) is 14.2. The molecule has 0 amide bonds. The summed E-state index contributed by atoms with van der Waals surface area (Å²) in [5, 5.41) is 0. The molecule has 188 valence electrons. The van der Waals surface area contributed by atoms with E-state index in [-0.39, 0.29) is 11.5 Å². The van der Waals surface area contributed by atoms with E-state index >= 15 is 0 Å². The fourth-order valence-electron chi connectivity index (χ4n) is 3.03. The molecule has 0 aliphatic rings. The van der Waals surface area contributed by atoms with E-state index in [2.05, 4.69) is 13.8 Å². The minimum absolute atomic E-state index is 0.161. The molecule has 0 aromatic rings. The molecule has 0 bridgehead atoms. The zero-order valence-electron chi connectivity index (χ0n) is 19.6. The summed E-state index contributed by atoms with van der Waals surface area (Å²) in [6, 6.07) is 0. The molecule has 2 atom stereocenters. The standard InChI is InChI=1S/C20H43O8PS2/c1-5-7-9-11-13-15-17-30(23,24)19(3)27-29(21,22)28-20(4)31(25,26)18-16-14-12-10-8-6-2/h19-20H,5-18H2,1-4H3,(H,21,22). The highest BCUT2D eigenvalue weighted by molar-refractivity contribution is 7.92. The Morgan fingerprint density at radius 1 is 0.645 bits per heavy atom. The number of phosphoric ester groups is 1. The van der Waals surface area contributed by atoms with Crippen molar-refractivity contribution in [2.45, 2.75) is 116 Å². The summed E-state index contributed by atoms with van der Waals surface area (Å²) in [7, 11) is -12.4. The highest BCUT2D eigenvalue weighted by Gasteiger charge is 2.36. The molecule has 0 spiro atoms. The molecule has 1 N–H and O–H groups in total. The van der Waals surface area contributed by atoms with Gasteiger partial charge in [0.2, 0.25) is 0 Å². The fraction of sp³-hybridized carbons (Fsp3) is 1.00. The maximum atomic E-state index is 12.3. The molecule has 31 heavy (non-hydrogen) atoms. The molecule has 2 unspecified atom stereocenters. The molecule has 0 saturated heterocycles. The predicted octanol–water partition coefficient (Wildman–Crippen LogP) is 5.36. The van der Waals surface area contributed by atoms with Gasteiger partial charge in [-0.25, -0.2) is 21.4 Å². The second-order valence-electron chi connectivity index (χ2n) is 8.08. The average molecular weight is 507 g/mol. The van der Waals surface area contributed by atoms with Gasteiger partial charge in [0.15, 0.2) is 30.5 Å². The summed E-state index contributed by atoms with van der Waals surface area (Å²) in [6.07, 6.45) is 10.8. The van der Waals surface area contributed by atoms with Crippen molar-refractivity contribution in [1.82, 2.24) is 0 Å². The second kappa shape index (κ2) is 15.8. The normalized spacial score (nSPS) is 16.7. The maximum absolute atomic E-state index is 12.3. The van der Waals surface area contributed by atoms with Crippen LogP contribution in [0.2, 0.25) is 0 Å². The van der Waals surface area contributed by atoms with Gasteiger partial charge >= 0.3 is 7.82 Å². The largest absolute Gasteiger partial charge is 0.474 e. The topological polar surface area (TPSA) is 124 Å². The zero-order valence-corrected chi connectivity index (χ0v) is 22.2. The van der Waals surface area contributed by atoms with Crippen molar-refractivity contribution in [2.24, 2.45) is 0 Å². The summed E-state index contributed by atoms with van der Waals surface area (Å²) < 4.78 is 70.9. The van der Waals surface area contributed by atoms with Crippen LogP contribution in [0.4, 0.5) is 0 Å². The maximum Gasteiger partial charge on any atom is 0.474 e. The lowest BCUT2D eigenvalue weighted by Crippen LogP contribution is -2.27. The van der Waals surface area contributed by atoms with Crippen molar-refractivity contribution in [1.29, 1.82) is 0 Å². The minimum atomic E-state index is -4.86. The Morgan fingerprint density at radius 2 is 0.935 bits per heavy atom. The fourth-order valence-corrected chi connectivity index (χ4v) is 7.41. The van der Waals surface area contributed by atoms with Crippen LogP contribution in [-0.2, 0) is 33.3 Å². The van der Waals surface area contributed by atoms with E-state index in [1.165, 1.54) is 0 Å². The van der Waals surface area contributed by atoms with Gasteiger partial charge in [-0.1, -0.05) is 78.1 Å². The Kier molecular flexibility index (Phi) is 15.8. The van der Waals surface area contributed by atoms with Crippen molar-refractivity contribution in [2.75, 3.05) is 11.5 Å². The third-order valence-electron chi connectivity index (χ3n) is 5.14. The van der Waals surface area contributed by atoms with Crippen LogP contribution in [0.1, 0.15) is 105 Å². The average Bonchev–Trinajstić information content (AvgIpc) is 2.66. The van der Waals surface area contributed by atoms with Crippen LogP contribution in [0.15, 0.2) is 0 Å². The molecule has 0 saturated carbocycles. The van der Waals surface area contributed by atoms with Gasteiger partial charge in [-0.05, 0) is 26.7 Å². The molecule has 0 aliphatic heterocycles. The molecule has 0 radical (unpaired) electrons. The van der Waals surface area contributed by atoms with Gasteiger partial charge in [-0.15, -0.1) is 0 Å². The van der Waals surface area contributed by atoms with Gasteiger partial charge in [0, 0.05) is 0 Å². The lowest BCUT2D eigenvalue weighted by molar-refractivity contribution is 0.133. The minimum Gasteiger partial charge on any atom is -0.302 e. The monoisotopic (exact) mass is 506 g/mol. The molecule has 0 aromatic heterocycles. The van der Waals surface area contributed by atoms with E-state index in [9.17, 15) is 26.3 Å². The van der Waals surface area contributed by atoms with Crippen LogP contribution >= 0.6 is 7.82 Å². The van der Waals surface area contributed by atoms with E-state index in [1.807, 2.05) is 0 Å². The number of hydrogen-bond donors (Lipinski definition) is 1. The van der Waals surface area contributed by atoms with E-state index in [4.69, 9.17) is 9.05 Å². The number of hydrogen-bond acceptors (Lipinski definition) is 7. The summed E-state index contributed by atoms with van der Waals surface area (Å²) in [6.45, 7) is 6.52. The number of sulfone groups is 2. The van der Waals surface area contributed by atoms with Crippen molar-refractivity contribution in [3.63, 3.8) is 0 Å². The molecule has 0 fully saturated rings. The Hall–Kier alpha value is 0.01000. The SMILES string of the molecule is CCCCCCCCS(=O)(=O)C(C)OP(=O)(O)OC(C)S(=O)(=O)CCCCCCCC. The Morgan fingerprint density at radius 3 is 1.26 bits per heavy atom. The Labute approximate surface area is 189 Å². The van der Waals surface area contributed by atoms with Crippen LogP contribution in [-0.4, -0.2) is 44.1 Å². The van der Waals surface area contributed by atoms with Gasteiger partial charge in [0.05, 0.1) is 11.5 Å². The predicted molar refractivity (Wildman–Crippen MR) is 125 cm³/mol. The summed E-state index contributed by atoms with van der Waals surface area (Å²) in [4.78, 5) is 9.90. The van der Waals surface area contributed by atoms with E-state index in [0.717, 1.165) is 78.1 Å². The zero-order chi connectivity index (χ0) is 24.0. The molecule has 0 aliphatic carbocycles. The van der Waals surface area contributed by atoms with E-state index in [0.29, 0.717) is 12.8 Å². The highest BCUT2D eigenvalue weighted by Crippen LogP contribution is 2.47. The smallest absolute Gasteiger partial charge is 0.302 e. The Bertz CT molecular complexity index is 663. The number of rotatable bonds is 20. The highest BCUT2D eigenvalue weighted by atomic mass is 32.2. The van der Waals surface area contributed by atoms with Gasteiger partial charge in [0.25, 0.3) is 0 Å². The van der Waals surface area contributed by atoms with Crippen LogP contribution in [0.25, 0.3) is 0 Å². The first-order valence-electron chi connectivity index (χ1n) is 11.5. The van der Waals surface area contributed by atoms with Gasteiger partial charge in [-0.3, -0.25) is 9.05 Å². The van der Waals surface area contributed by atoms with E-state index < -0.39 is 38.4 Å².